The number of aliphatic hydroxyl groups is 1. The molecule has 0 rings (SSSR count). The van der Waals surface area contributed by atoms with E-state index in [1.807, 2.05) is 0 Å². The summed E-state index contributed by atoms with van der Waals surface area (Å²) in [6, 6.07) is 0. The first-order valence-corrected chi connectivity index (χ1v) is 42.6. The Labute approximate surface area is 581 Å². The molecule has 0 aliphatic rings. The topological polar surface area (TPSA) is 237 Å². The van der Waals surface area contributed by atoms with E-state index in [2.05, 4.69) is 41.5 Å². The molecule has 0 spiro atoms. The van der Waals surface area contributed by atoms with E-state index >= 15 is 0 Å². The number of ether oxygens (including phenoxy) is 4. The first kappa shape index (κ1) is 93.1. The SMILES string of the molecule is CCCCCCCCCCCCCCCCC(=O)O[C@H](COC(=O)CCCCCCC)COP(=O)(O)OC[C@H](O)COP(=O)(O)OC[C@@H](COC(=O)CCCCCCCCCCCCC(C)CC)OC(=O)CCCCCCCCCCCCCCCCCCCCC(C)CC. The van der Waals surface area contributed by atoms with Crippen LogP contribution in [0.5, 0.6) is 0 Å². The van der Waals surface area contributed by atoms with Crippen LogP contribution in [0, 0.1) is 11.8 Å². The number of phosphoric acid groups is 2. The second-order valence-corrected chi connectivity index (χ2v) is 30.8. The number of esters is 4. The van der Waals surface area contributed by atoms with Crippen molar-refractivity contribution < 1.29 is 80.2 Å². The molecule has 0 saturated heterocycles. The minimum Gasteiger partial charge on any atom is -0.462 e. The molecular formula is C76H148O17P2. The minimum atomic E-state index is -4.96. The Morgan fingerprint density at radius 3 is 0.747 bits per heavy atom. The number of hydrogen-bond acceptors (Lipinski definition) is 15. The molecule has 0 aliphatic carbocycles. The van der Waals surface area contributed by atoms with Crippen molar-refractivity contribution in [3.8, 4) is 0 Å². The summed E-state index contributed by atoms with van der Waals surface area (Å²) < 4.78 is 68.3. The van der Waals surface area contributed by atoms with E-state index < -0.39 is 97.5 Å². The van der Waals surface area contributed by atoms with Crippen LogP contribution in [-0.2, 0) is 65.4 Å². The van der Waals surface area contributed by atoms with Crippen LogP contribution in [0.4, 0.5) is 0 Å². The van der Waals surface area contributed by atoms with Crippen molar-refractivity contribution in [2.45, 2.75) is 413 Å². The van der Waals surface area contributed by atoms with Gasteiger partial charge in [-0.15, -0.1) is 0 Å². The fourth-order valence-corrected chi connectivity index (χ4v) is 13.2. The molecule has 0 fully saturated rings. The predicted molar refractivity (Wildman–Crippen MR) is 386 cm³/mol. The molecule has 19 heteroatoms. The average molecular weight is 1400 g/mol. The van der Waals surface area contributed by atoms with Crippen LogP contribution >= 0.6 is 15.6 Å². The minimum absolute atomic E-state index is 0.107. The molecule has 0 bridgehead atoms. The van der Waals surface area contributed by atoms with E-state index in [1.165, 1.54) is 205 Å². The van der Waals surface area contributed by atoms with Crippen LogP contribution in [0.2, 0.25) is 0 Å². The molecule has 0 radical (unpaired) electrons. The molecule has 0 aromatic rings. The second-order valence-electron chi connectivity index (χ2n) is 27.9. The van der Waals surface area contributed by atoms with Gasteiger partial charge in [-0.25, -0.2) is 9.13 Å². The van der Waals surface area contributed by atoms with Gasteiger partial charge in [0.05, 0.1) is 26.4 Å². The quantitative estimate of drug-likeness (QED) is 0.0222. The highest BCUT2D eigenvalue weighted by atomic mass is 31.2. The van der Waals surface area contributed by atoms with Crippen molar-refractivity contribution in [1.29, 1.82) is 0 Å². The molecule has 4 unspecified atom stereocenters. The van der Waals surface area contributed by atoms with Crippen molar-refractivity contribution >= 4 is 39.5 Å². The normalized spacial score (nSPS) is 14.6. The summed E-state index contributed by atoms with van der Waals surface area (Å²) in [5.74, 6) is -0.446. The molecule has 95 heavy (non-hydrogen) atoms. The van der Waals surface area contributed by atoms with Gasteiger partial charge >= 0.3 is 39.5 Å². The number of rotatable bonds is 75. The van der Waals surface area contributed by atoms with Gasteiger partial charge in [0.25, 0.3) is 0 Å². The van der Waals surface area contributed by atoms with Gasteiger partial charge in [-0.1, -0.05) is 343 Å². The van der Waals surface area contributed by atoms with Gasteiger partial charge in [-0.2, -0.15) is 0 Å². The Balaban J connectivity index is 5.11. The van der Waals surface area contributed by atoms with E-state index in [-0.39, 0.29) is 25.7 Å². The largest absolute Gasteiger partial charge is 0.472 e. The molecule has 17 nitrogen and oxygen atoms in total. The Hall–Kier alpha value is -1.94. The summed E-state index contributed by atoms with van der Waals surface area (Å²) >= 11 is 0. The summed E-state index contributed by atoms with van der Waals surface area (Å²) in [4.78, 5) is 72.5. The average Bonchev–Trinajstić information content (AvgIpc) is 1.63. The summed E-state index contributed by atoms with van der Waals surface area (Å²) in [5, 5.41) is 10.6. The maximum absolute atomic E-state index is 13.1. The third-order valence-electron chi connectivity index (χ3n) is 18.4. The van der Waals surface area contributed by atoms with E-state index in [9.17, 15) is 43.2 Å². The van der Waals surface area contributed by atoms with Crippen molar-refractivity contribution in [2.24, 2.45) is 11.8 Å². The molecule has 7 atom stereocenters. The Morgan fingerprint density at radius 2 is 0.505 bits per heavy atom. The maximum Gasteiger partial charge on any atom is 0.472 e. The molecule has 0 aliphatic heterocycles. The van der Waals surface area contributed by atoms with Gasteiger partial charge in [0, 0.05) is 25.7 Å². The third-order valence-corrected chi connectivity index (χ3v) is 20.3. The molecule has 0 saturated carbocycles. The zero-order chi connectivity index (χ0) is 70.0. The molecule has 0 aromatic heterocycles. The van der Waals surface area contributed by atoms with Crippen molar-refractivity contribution in [2.75, 3.05) is 39.6 Å². The fraction of sp³-hybridized carbons (Fsp3) is 0.947. The lowest BCUT2D eigenvalue weighted by Crippen LogP contribution is -2.30. The van der Waals surface area contributed by atoms with Gasteiger partial charge in [-0.05, 0) is 37.5 Å². The van der Waals surface area contributed by atoms with Crippen molar-refractivity contribution in [1.82, 2.24) is 0 Å². The van der Waals surface area contributed by atoms with Crippen LogP contribution in [0.15, 0.2) is 0 Å². The van der Waals surface area contributed by atoms with Crippen LogP contribution in [-0.4, -0.2) is 96.7 Å². The lowest BCUT2D eigenvalue weighted by molar-refractivity contribution is -0.161. The van der Waals surface area contributed by atoms with Gasteiger partial charge in [-0.3, -0.25) is 37.3 Å². The molecule has 0 aromatic carbocycles. The summed E-state index contributed by atoms with van der Waals surface area (Å²) in [6.07, 6.45) is 55.8. The first-order chi connectivity index (χ1) is 45.9. The zero-order valence-electron chi connectivity index (χ0n) is 62.0. The summed E-state index contributed by atoms with van der Waals surface area (Å²) in [6.45, 7) is 9.60. The highest BCUT2D eigenvalue weighted by Crippen LogP contribution is 2.45. The zero-order valence-corrected chi connectivity index (χ0v) is 63.8. The van der Waals surface area contributed by atoms with Gasteiger partial charge in [0.2, 0.25) is 0 Å². The summed E-state index contributed by atoms with van der Waals surface area (Å²) in [7, 11) is -9.90. The number of aliphatic hydroxyl groups excluding tert-OH is 1. The van der Waals surface area contributed by atoms with Gasteiger partial charge < -0.3 is 33.8 Å². The van der Waals surface area contributed by atoms with Crippen LogP contribution in [0.25, 0.3) is 0 Å². The lowest BCUT2D eigenvalue weighted by Gasteiger charge is -2.21. The third kappa shape index (κ3) is 67.6. The van der Waals surface area contributed by atoms with E-state index in [4.69, 9.17) is 37.0 Å². The molecule has 564 valence electrons. The number of hydrogen-bond donors (Lipinski definition) is 3. The first-order valence-electron chi connectivity index (χ1n) is 39.6. The maximum atomic E-state index is 13.1. The standard InChI is InChI=1S/C76H148O17P2/c1-7-11-13-15-16-17-18-19-27-30-37-42-48-54-60-75(80)92-71(64-86-73(78)58-52-44-14-12-8-2)66-90-94(82,83)88-62-70(77)63-89-95(84,85)91-67-72(65-87-74(79)59-53-47-41-36-33-32-35-40-46-51-57-69(6)10-4)93-76(81)61-55-49-43-38-31-28-25-23-21-20-22-24-26-29-34-39-45-50-56-68(5)9-3/h68-72,77H,7-67H2,1-6H3,(H,82,83)(H,84,85)/t68?,69?,70-,71+,72+/m0/s1. The number of unbranched alkanes of at least 4 members (excludes halogenated alkanes) is 43. The van der Waals surface area contributed by atoms with Crippen molar-refractivity contribution in [3.63, 3.8) is 0 Å². The Kier molecular flexibility index (Phi) is 66.5. The predicted octanol–water partition coefficient (Wildman–Crippen LogP) is 22.3. The van der Waals surface area contributed by atoms with Gasteiger partial charge in [0.15, 0.2) is 12.2 Å². The van der Waals surface area contributed by atoms with E-state index in [0.717, 1.165) is 108 Å². The van der Waals surface area contributed by atoms with E-state index in [0.29, 0.717) is 25.7 Å². The van der Waals surface area contributed by atoms with Gasteiger partial charge in [0.1, 0.15) is 19.3 Å². The number of carbonyl (C=O) groups is 4. The number of phosphoric ester groups is 2. The Morgan fingerprint density at radius 1 is 0.295 bits per heavy atom. The highest BCUT2D eigenvalue weighted by Gasteiger charge is 2.30. The molecular weight excluding hydrogens is 1250 g/mol. The second kappa shape index (κ2) is 67.9. The van der Waals surface area contributed by atoms with E-state index in [1.54, 1.807) is 0 Å². The van der Waals surface area contributed by atoms with Crippen LogP contribution in [0.1, 0.15) is 395 Å². The van der Waals surface area contributed by atoms with Crippen molar-refractivity contribution in [3.05, 3.63) is 0 Å². The highest BCUT2D eigenvalue weighted by molar-refractivity contribution is 7.47. The number of carbonyl (C=O) groups excluding carboxylic acids is 4. The Bertz CT molecular complexity index is 1840. The fourth-order valence-electron chi connectivity index (χ4n) is 11.6. The molecule has 0 heterocycles. The lowest BCUT2D eigenvalue weighted by atomic mass is 9.99. The molecule has 0 amide bonds. The smallest absolute Gasteiger partial charge is 0.462 e. The molecule has 3 N–H and O–H groups in total. The summed E-state index contributed by atoms with van der Waals surface area (Å²) in [5.41, 5.74) is 0. The van der Waals surface area contributed by atoms with Crippen LogP contribution in [0.3, 0.4) is 0 Å². The monoisotopic (exact) mass is 1400 g/mol. The van der Waals surface area contributed by atoms with Crippen LogP contribution < -0.4 is 0 Å².